The maximum atomic E-state index is 6.22. The van der Waals surface area contributed by atoms with Gasteiger partial charge < -0.3 is 15.5 Å². The van der Waals surface area contributed by atoms with E-state index in [9.17, 15) is 0 Å². The first-order valence-corrected chi connectivity index (χ1v) is 6.58. The Morgan fingerprint density at radius 3 is 2.70 bits per heavy atom. The Hall–Kier alpha value is -2.40. The zero-order valence-corrected chi connectivity index (χ0v) is 11.2. The van der Waals surface area contributed by atoms with Crippen molar-refractivity contribution in [2.24, 2.45) is 5.73 Å². The minimum absolute atomic E-state index is 0.291. The van der Waals surface area contributed by atoms with Crippen molar-refractivity contribution in [3.8, 4) is 5.88 Å². The molecule has 1 atom stereocenters. The quantitative estimate of drug-likeness (QED) is 0.761. The first-order valence-electron chi connectivity index (χ1n) is 6.58. The predicted octanol–water partition coefficient (Wildman–Crippen LogP) is 2.40. The van der Waals surface area contributed by atoms with Gasteiger partial charge in [0.1, 0.15) is 5.82 Å². The molecule has 0 radical (unpaired) electrons. The number of hydrogen-bond donors (Lipinski definition) is 2. The molecule has 2 heterocycles. The molecule has 0 bridgehead atoms. The summed E-state index contributed by atoms with van der Waals surface area (Å²) >= 11 is 0. The van der Waals surface area contributed by atoms with Crippen LogP contribution in [0.5, 0.6) is 5.88 Å². The van der Waals surface area contributed by atoms with Crippen molar-refractivity contribution in [1.29, 1.82) is 0 Å². The molecule has 0 aliphatic heterocycles. The Kier molecular flexibility index (Phi) is 3.35. The molecule has 0 spiro atoms. The number of nitrogens with two attached hydrogens (primary N) is 1. The van der Waals surface area contributed by atoms with Gasteiger partial charge in [0.25, 0.3) is 0 Å². The van der Waals surface area contributed by atoms with Crippen LogP contribution >= 0.6 is 0 Å². The van der Waals surface area contributed by atoms with E-state index in [1.165, 1.54) is 0 Å². The second-order valence-corrected chi connectivity index (χ2v) is 4.46. The van der Waals surface area contributed by atoms with Gasteiger partial charge in [-0.2, -0.15) is 4.98 Å². The van der Waals surface area contributed by atoms with E-state index in [4.69, 9.17) is 10.5 Å². The van der Waals surface area contributed by atoms with E-state index < -0.39 is 0 Å². The number of fused-ring (bicyclic) bond motifs is 1. The number of H-pyrrole nitrogens is 1. The molecule has 5 heteroatoms. The normalized spacial score (nSPS) is 12.5. The number of pyridine rings is 1. The van der Waals surface area contributed by atoms with Crippen LogP contribution in [0.3, 0.4) is 0 Å². The molecule has 3 aromatic rings. The monoisotopic (exact) mass is 268 g/mol. The van der Waals surface area contributed by atoms with E-state index in [1.54, 1.807) is 0 Å². The van der Waals surface area contributed by atoms with Crippen molar-refractivity contribution in [3.63, 3.8) is 0 Å². The van der Waals surface area contributed by atoms with E-state index >= 15 is 0 Å². The average Bonchev–Trinajstić information content (AvgIpc) is 2.91. The van der Waals surface area contributed by atoms with Crippen LogP contribution in [0.4, 0.5) is 0 Å². The molecule has 1 aromatic carbocycles. The third kappa shape index (κ3) is 2.35. The molecule has 0 aliphatic carbocycles. The van der Waals surface area contributed by atoms with Crippen molar-refractivity contribution < 1.29 is 4.74 Å². The minimum Gasteiger partial charge on any atom is -0.478 e. The van der Waals surface area contributed by atoms with Gasteiger partial charge in [-0.25, -0.2) is 4.98 Å². The number of aromatic amines is 1. The highest BCUT2D eigenvalue weighted by Crippen LogP contribution is 2.20. The maximum Gasteiger partial charge on any atom is 0.215 e. The number of nitrogens with one attached hydrogen (secondary N) is 1. The van der Waals surface area contributed by atoms with Crippen molar-refractivity contribution in [2.75, 3.05) is 6.61 Å². The number of imidazole rings is 1. The van der Waals surface area contributed by atoms with E-state index in [2.05, 4.69) is 15.0 Å². The summed E-state index contributed by atoms with van der Waals surface area (Å²) in [5.74, 6) is 1.28. The second-order valence-electron chi connectivity index (χ2n) is 4.46. The number of rotatable bonds is 4. The number of nitrogens with zero attached hydrogens (tertiary/aromatic N) is 2. The number of hydrogen-bond acceptors (Lipinski definition) is 4. The lowest BCUT2D eigenvalue weighted by molar-refractivity contribution is 0.328. The van der Waals surface area contributed by atoms with Crippen LogP contribution in [-0.4, -0.2) is 21.6 Å². The Labute approximate surface area is 116 Å². The molecule has 0 fully saturated rings. The molecule has 0 aliphatic rings. The van der Waals surface area contributed by atoms with Gasteiger partial charge >= 0.3 is 0 Å². The first-order chi connectivity index (χ1) is 9.78. The fourth-order valence-electron chi connectivity index (χ4n) is 2.09. The summed E-state index contributed by atoms with van der Waals surface area (Å²) in [7, 11) is 0. The summed E-state index contributed by atoms with van der Waals surface area (Å²) in [6.07, 6.45) is 0. The smallest absolute Gasteiger partial charge is 0.215 e. The molecule has 2 aromatic heterocycles. The highest BCUT2D eigenvalue weighted by molar-refractivity contribution is 5.71. The predicted molar refractivity (Wildman–Crippen MR) is 77.5 cm³/mol. The zero-order chi connectivity index (χ0) is 13.9. The fraction of sp³-hybridized carbons (Fsp3) is 0.200. The van der Waals surface area contributed by atoms with E-state index in [-0.39, 0.29) is 6.04 Å². The Balaban J connectivity index is 1.96. The fourth-order valence-corrected chi connectivity index (χ4v) is 2.09. The molecular weight excluding hydrogens is 252 g/mol. The van der Waals surface area contributed by atoms with Crippen molar-refractivity contribution in [3.05, 3.63) is 53.9 Å². The topological polar surface area (TPSA) is 76.8 Å². The van der Waals surface area contributed by atoms with Crippen LogP contribution < -0.4 is 10.5 Å². The SMILES string of the molecule is CCOc1ccc2[nH]c(C(N)c3ccccc3)nc2n1. The van der Waals surface area contributed by atoms with Crippen molar-refractivity contribution >= 4 is 11.2 Å². The summed E-state index contributed by atoms with van der Waals surface area (Å²) in [5, 5.41) is 0. The minimum atomic E-state index is -0.291. The van der Waals surface area contributed by atoms with Gasteiger partial charge in [0.15, 0.2) is 5.65 Å². The van der Waals surface area contributed by atoms with Crippen LogP contribution in [-0.2, 0) is 0 Å². The number of aromatic nitrogens is 3. The summed E-state index contributed by atoms with van der Waals surface area (Å²) in [4.78, 5) is 12.0. The highest BCUT2D eigenvalue weighted by Gasteiger charge is 2.14. The van der Waals surface area contributed by atoms with E-state index in [0.29, 0.717) is 24.0 Å². The van der Waals surface area contributed by atoms with Gasteiger partial charge in [-0.15, -0.1) is 0 Å². The Morgan fingerprint density at radius 2 is 1.95 bits per heavy atom. The Morgan fingerprint density at radius 1 is 1.15 bits per heavy atom. The van der Waals surface area contributed by atoms with Crippen LogP contribution in [0.25, 0.3) is 11.2 Å². The van der Waals surface area contributed by atoms with Crippen LogP contribution in [0, 0.1) is 0 Å². The van der Waals surface area contributed by atoms with E-state index in [0.717, 1.165) is 11.1 Å². The van der Waals surface area contributed by atoms with E-state index in [1.807, 2.05) is 49.4 Å². The average molecular weight is 268 g/mol. The Bertz CT molecular complexity index is 708. The van der Waals surface area contributed by atoms with Crippen molar-refractivity contribution in [1.82, 2.24) is 15.0 Å². The van der Waals surface area contributed by atoms with Gasteiger partial charge in [0.2, 0.25) is 5.88 Å². The largest absolute Gasteiger partial charge is 0.478 e. The molecule has 3 rings (SSSR count). The molecular formula is C15H16N4O. The standard InChI is InChI=1S/C15H16N4O/c1-2-20-12-9-8-11-14(18-12)19-15(17-11)13(16)10-6-4-3-5-7-10/h3-9,13H,2,16H2,1H3,(H,17,18,19). The lowest BCUT2D eigenvalue weighted by atomic mass is 10.1. The molecule has 3 N–H and O–H groups in total. The summed E-state index contributed by atoms with van der Waals surface area (Å²) in [6.45, 7) is 2.51. The molecule has 5 nitrogen and oxygen atoms in total. The number of ether oxygens (including phenoxy) is 1. The van der Waals surface area contributed by atoms with Crippen LogP contribution in [0.2, 0.25) is 0 Å². The van der Waals surface area contributed by atoms with Gasteiger partial charge in [-0.05, 0) is 18.6 Å². The summed E-state index contributed by atoms with van der Waals surface area (Å²) < 4.78 is 5.37. The first kappa shape index (κ1) is 12.6. The van der Waals surface area contributed by atoms with Gasteiger partial charge in [-0.1, -0.05) is 30.3 Å². The molecule has 1 unspecified atom stereocenters. The molecule has 0 saturated heterocycles. The maximum absolute atomic E-state index is 6.22. The third-order valence-corrected chi connectivity index (χ3v) is 3.08. The summed E-state index contributed by atoms with van der Waals surface area (Å²) in [5.41, 5.74) is 8.71. The zero-order valence-electron chi connectivity index (χ0n) is 11.2. The van der Waals surface area contributed by atoms with Gasteiger partial charge in [0.05, 0.1) is 18.2 Å². The lowest BCUT2D eigenvalue weighted by Gasteiger charge is -2.07. The third-order valence-electron chi connectivity index (χ3n) is 3.08. The summed E-state index contributed by atoms with van der Waals surface area (Å²) in [6, 6.07) is 13.3. The molecule has 0 amide bonds. The number of benzene rings is 1. The van der Waals surface area contributed by atoms with Gasteiger partial charge in [0, 0.05) is 6.07 Å². The molecule has 20 heavy (non-hydrogen) atoms. The second kappa shape index (κ2) is 5.30. The highest BCUT2D eigenvalue weighted by atomic mass is 16.5. The molecule has 102 valence electrons. The van der Waals surface area contributed by atoms with Crippen LogP contribution in [0.1, 0.15) is 24.4 Å². The van der Waals surface area contributed by atoms with Gasteiger partial charge in [-0.3, -0.25) is 0 Å². The van der Waals surface area contributed by atoms with Crippen molar-refractivity contribution in [2.45, 2.75) is 13.0 Å². The molecule has 0 saturated carbocycles. The lowest BCUT2D eigenvalue weighted by Crippen LogP contribution is -2.13. The van der Waals surface area contributed by atoms with Crippen LogP contribution in [0.15, 0.2) is 42.5 Å².